The molecule has 1 aliphatic heterocycles. The van der Waals surface area contributed by atoms with Crippen LogP contribution in [0.15, 0.2) is 24.3 Å². The predicted octanol–water partition coefficient (Wildman–Crippen LogP) is 2.41. The Morgan fingerprint density at radius 1 is 1.33 bits per heavy atom. The number of urea groups is 1. The quantitative estimate of drug-likeness (QED) is 0.894. The molecule has 1 aromatic rings. The van der Waals surface area contributed by atoms with Crippen LogP contribution < -0.4 is 10.6 Å². The highest BCUT2D eigenvalue weighted by atomic mass is 16.5. The summed E-state index contributed by atoms with van der Waals surface area (Å²) in [5.74, 6) is 0. The molecule has 1 fully saturated rings. The number of hydrogen-bond acceptors (Lipinski definition) is 2. The fourth-order valence-corrected chi connectivity index (χ4v) is 3.43. The van der Waals surface area contributed by atoms with E-state index in [4.69, 9.17) is 4.74 Å². The smallest absolute Gasteiger partial charge is 0.315 e. The van der Waals surface area contributed by atoms with Gasteiger partial charge >= 0.3 is 6.03 Å². The van der Waals surface area contributed by atoms with Gasteiger partial charge in [0.15, 0.2) is 0 Å². The monoisotopic (exact) mass is 288 g/mol. The van der Waals surface area contributed by atoms with Crippen LogP contribution in [0.3, 0.4) is 0 Å². The largest absolute Gasteiger partial charge is 0.378 e. The first-order valence-electron chi connectivity index (χ1n) is 7.89. The van der Waals surface area contributed by atoms with Crippen molar-refractivity contribution in [3.05, 3.63) is 35.4 Å². The van der Waals surface area contributed by atoms with Crippen LogP contribution in [0.25, 0.3) is 0 Å². The van der Waals surface area contributed by atoms with Crippen molar-refractivity contribution in [1.82, 2.24) is 10.6 Å². The maximum absolute atomic E-state index is 12.1. The Bertz CT molecular complexity index is 484. The molecule has 4 nitrogen and oxygen atoms in total. The van der Waals surface area contributed by atoms with Crippen molar-refractivity contribution in [3.63, 3.8) is 0 Å². The number of carbonyl (C=O) groups excluding carboxylic acids is 1. The normalized spacial score (nSPS) is 22.8. The lowest BCUT2D eigenvalue weighted by atomic mass is 9.99. The van der Waals surface area contributed by atoms with Crippen LogP contribution in [0.1, 0.15) is 37.3 Å². The maximum atomic E-state index is 12.1. The summed E-state index contributed by atoms with van der Waals surface area (Å²) >= 11 is 0. The average molecular weight is 288 g/mol. The molecule has 114 valence electrons. The van der Waals surface area contributed by atoms with E-state index in [1.165, 1.54) is 11.1 Å². The van der Waals surface area contributed by atoms with E-state index in [0.29, 0.717) is 12.6 Å². The molecule has 3 rings (SSSR count). The molecule has 1 atom stereocenters. The zero-order chi connectivity index (χ0) is 14.7. The van der Waals surface area contributed by atoms with Gasteiger partial charge < -0.3 is 15.4 Å². The molecule has 4 heteroatoms. The zero-order valence-corrected chi connectivity index (χ0v) is 12.7. The second-order valence-corrected chi connectivity index (χ2v) is 6.49. The van der Waals surface area contributed by atoms with Gasteiger partial charge in [0.1, 0.15) is 0 Å². The minimum Gasteiger partial charge on any atom is -0.378 e. The van der Waals surface area contributed by atoms with E-state index >= 15 is 0 Å². The van der Waals surface area contributed by atoms with Crippen LogP contribution in [0.5, 0.6) is 0 Å². The summed E-state index contributed by atoms with van der Waals surface area (Å²) in [4.78, 5) is 12.1. The molecule has 2 aliphatic rings. The number of rotatable bonds is 4. The Morgan fingerprint density at radius 2 is 2.05 bits per heavy atom. The molecule has 0 radical (unpaired) electrons. The molecule has 1 aliphatic carbocycles. The molecule has 1 heterocycles. The molecule has 0 unspecified atom stereocenters. The first-order valence-corrected chi connectivity index (χ1v) is 7.89. The Kier molecular flexibility index (Phi) is 4.15. The number of carbonyl (C=O) groups is 1. The minimum absolute atomic E-state index is 0.0664. The minimum atomic E-state index is -0.169. The van der Waals surface area contributed by atoms with Crippen LogP contribution in [-0.2, 0) is 17.6 Å². The summed E-state index contributed by atoms with van der Waals surface area (Å²) in [6.45, 7) is 3.67. The lowest BCUT2D eigenvalue weighted by molar-refractivity contribution is 0.104. The van der Waals surface area contributed by atoms with Crippen molar-refractivity contribution < 1.29 is 9.53 Å². The summed E-state index contributed by atoms with van der Waals surface area (Å²) in [5.41, 5.74) is 2.52. The van der Waals surface area contributed by atoms with Crippen LogP contribution >= 0.6 is 0 Å². The molecule has 0 spiro atoms. The van der Waals surface area contributed by atoms with Crippen LogP contribution in [0.2, 0.25) is 0 Å². The van der Waals surface area contributed by atoms with Crippen LogP contribution in [0, 0.1) is 0 Å². The Morgan fingerprint density at radius 3 is 2.67 bits per heavy atom. The lowest BCUT2D eigenvalue weighted by Crippen LogP contribution is -2.51. The molecular weight excluding hydrogens is 264 g/mol. The fraction of sp³-hybridized carbons (Fsp3) is 0.588. The van der Waals surface area contributed by atoms with Crippen molar-refractivity contribution in [2.24, 2.45) is 0 Å². The van der Waals surface area contributed by atoms with Crippen LogP contribution in [-0.4, -0.2) is 30.8 Å². The molecular formula is C17H24N2O2. The SMILES string of the molecule is CC1(NC(=O)NCC[C@@H]2CCCO2)Cc2ccccc2C1. The highest BCUT2D eigenvalue weighted by Gasteiger charge is 2.33. The summed E-state index contributed by atoms with van der Waals surface area (Å²) < 4.78 is 5.56. The van der Waals surface area contributed by atoms with Crippen molar-refractivity contribution in [1.29, 1.82) is 0 Å². The summed E-state index contributed by atoms with van der Waals surface area (Å²) in [6, 6.07) is 8.36. The maximum Gasteiger partial charge on any atom is 0.315 e. The van der Waals surface area contributed by atoms with Gasteiger partial charge in [-0.3, -0.25) is 0 Å². The number of nitrogens with one attached hydrogen (secondary N) is 2. The van der Waals surface area contributed by atoms with Crippen molar-refractivity contribution >= 4 is 6.03 Å². The molecule has 2 amide bonds. The van der Waals surface area contributed by atoms with Crippen molar-refractivity contribution in [3.8, 4) is 0 Å². The summed E-state index contributed by atoms with van der Waals surface area (Å²) in [7, 11) is 0. The van der Waals surface area contributed by atoms with Gasteiger partial charge in [0, 0.05) is 18.7 Å². The third-order valence-electron chi connectivity index (χ3n) is 4.47. The highest BCUT2D eigenvalue weighted by Crippen LogP contribution is 2.29. The molecule has 0 aromatic heterocycles. The molecule has 21 heavy (non-hydrogen) atoms. The van der Waals surface area contributed by atoms with E-state index in [2.05, 4.69) is 41.8 Å². The fourth-order valence-electron chi connectivity index (χ4n) is 3.43. The number of benzene rings is 1. The first-order chi connectivity index (χ1) is 10.1. The average Bonchev–Trinajstić information content (AvgIpc) is 3.04. The van der Waals surface area contributed by atoms with Crippen molar-refractivity contribution in [2.75, 3.05) is 13.2 Å². The van der Waals surface area contributed by atoms with Crippen LogP contribution in [0.4, 0.5) is 4.79 Å². The second kappa shape index (κ2) is 6.06. The highest BCUT2D eigenvalue weighted by molar-refractivity contribution is 5.75. The van der Waals surface area contributed by atoms with Gasteiger partial charge in [0.05, 0.1) is 6.10 Å². The Labute approximate surface area is 126 Å². The van der Waals surface area contributed by atoms with Gasteiger partial charge in [-0.1, -0.05) is 24.3 Å². The topological polar surface area (TPSA) is 50.4 Å². The van der Waals surface area contributed by atoms with E-state index in [9.17, 15) is 4.79 Å². The van der Waals surface area contributed by atoms with Gasteiger partial charge in [0.25, 0.3) is 0 Å². The van der Waals surface area contributed by atoms with E-state index in [1.807, 2.05) is 0 Å². The van der Waals surface area contributed by atoms with Gasteiger partial charge in [-0.05, 0) is 50.2 Å². The molecule has 2 N–H and O–H groups in total. The van der Waals surface area contributed by atoms with E-state index in [-0.39, 0.29) is 11.6 Å². The predicted molar refractivity (Wildman–Crippen MR) is 82.4 cm³/mol. The molecule has 1 saturated heterocycles. The van der Waals surface area contributed by atoms with E-state index in [0.717, 1.165) is 38.7 Å². The number of ether oxygens (including phenoxy) is 1. The standard InChI is InChI=1S/C17H24N2O2/c1-17(11-13-5-2-3-6-14(13)12-17)19-16(20)18-9-8-15-7-4-10-21-15/h2-3,5-6,15H,4,7-12H2,1H3,(H2,18,19,20)/t15-/m0/s1. The van der Waals surface area contributed by atoms with Gasteiger partial charge in [-0.15, -0.1) is 0 Å². The lowest BCUT2D eigenvalue weighted by Gasteiger charge is -2.25. The van der Waals surface area contributed by atoms with Crippen molar-refractivity contribution in [2.45, 2.75) is 50.7 Å². The number of amides is 2. The molecule has 1 aromatic carbocycles. The third kappa shape index (κ3) is 3.56. The van der Waals surface area contributed by atoms with E-state index in [1.54, 1.807) is 0 Å². The van der Waals surface area contributed by atoms with Gasteiger partial charge in [-0.25, -0.2) is 4.79 Å². The number of hydrogen-bond donors (Lipinski definition) is 2. The third-order valence-corrected chi connectivity index (χ3v) is 4.47. The summed E-state index contributed by atoms with van der Waals surface area (Å²) in [5, 5.41) is 6.10. The Balaban J connectivity index is 1.44. The van der Waals surface area contributed by atoms with Gasteiger partial charge in [0.2, 0.25) is 0 Å². The second-order valence-electron chi connectivity index (χ2n) is 6.49. The van der Waals surface area contributed by atoms with E-state index < -0.39 is 0 Å². The molecule has 0 saturated carbocycles. The summed E-state index contributed by atoms with van der Waals surface area (Å²) in [6.07, 6.45) is 5.31. The number of fused-ring (bicyclic) bond motifs is 1. The van der Waals surface area contributed by atoms with Gasteiger partial charge in [-0.2, -0.15) is 0 Å². The Hall–Kier alpha value is -1.55. The first kappa shape index (κ1) is 14.4. The zero-order valence-electron chi connectivity index (χ0n) is 12.7. The molecule has 0 bridgehead atoms.